The molecule has 106 valence electrons. The van der Waals surface area contributed by atoms with Crippen molar-refractivity contribution in [3.05, 3.63) is 32.3 Å². The molecular weight excluding hydrogens is 352 g/mol. The molecule has 0 unspecified atom stereocenters. The maximum absolute atomic E-state index is 12.6. The molecule has 0 saturated carbocycles. The second-order valence-electron chi connectivity index (χ2n) is 3.07. The molecule has 0 N–H and O–H groups in total. The Morgan fingerprint density at radius 3 is 2.05 bits per heavy atom. The van der Waals surface area contributed by atoms with E-state index in [2.05, 4.69) is 20.7 Å². The second kappa shape index (κ2) is 4.87. The molecule has 0 spiro atoms. The number of benzene rings is 1. The lowest BCUT2D eigenvalue weighted by Crippen LogP contribution is -2.19. The topological polar surface area (TPSA) is 52.4 Å². The van der Waals surface area contributed by atoms with Gasteiger partial charge >= 0.3 is 12.5 Å². The standard InChI is InChI=1S/C8H2BrF6NO3/c9-6-4(19-8(13,14)15)2-1-3(16(17)18)5(6)7(10,11)12/h1-2H. The highest BCUT2D eigenvalue weighted by Crippen LogP contribution is 2.45. The van der Waals surface area contributed by atoms with E-state index in [-0.39, 0.29) is 6.07 Å². The lowest BCUT2D eigenvalue weighted by atomic mass is 10.1. The maximum atomic E-state index is 12.6. The van der Waals surface area contributed by atoms with Crippen LogP contribution in [0.1, 0.15) is 5.56 Å². The Labute approximate surface area is 109 Å². The number of halogens is 7. The van der Waals surface area contributed by atoms with Crippen molar-refractivity contribution < 1.29 is 36.0 Å². The fourth-order valence-electron chi connectivity index (χ4n) is 1.17. The van der Waals surface area contributed by atoms with Gasteiger partial charge in [0.15, 0.2) is 5.56 Å². The third-order valence-electron chi connectivity index (χ3n) is 1.79. The summed E-state index contributed by atoms with van der Waals surface area (Å²) in [6.07, 6.45) is -10.4. The number of alkyl halides is 6. The molecule has 4 nitrogen and oxygen atoms in total. The Balaban J connectivity index is 3.47. The molecule has 0 radical (unpaired) electrons. The summed E-state index contributed by atoms with van der Waals surface area (Å²) >= 11 is 2.24. The first-order valence-electron chi connectivity index (χ1n) is 4.23. The van der Waals surface area contributed by atoms with Crippen LogP contribution in [0.4, 0.5) is 32.0 Å². The monoisotopic (exact) mass is 353 g/mol. The van der Waals surface area contributed by atoms with Gasteiger partial charge in [-0.25, -0.2) is 0 Å². The fraction of sp³-hybridized carbons (Fsp3) is 0.250. The Bertz CT molecular complexity index is 512. The van der Waals surface area contributed by atoms with Crippen LogP contribution in [0.3, 0.4) is 0 Å². The number of nitro benzene ring substituents is 1. The summed E-state index contributed by atoms with van der Waals surface area (Å²) in [7, 11) is 0. The van der Waals surface area contributed by atoms with Crippen LogP contribution in [0, 0.1) is 10.1 Å². The number of nitrogens with zero attached hydrogens (tertiary/aromatic N) is 1. The van der Waals surface area contributed by atoms with E-state index in [9.17, 15) is 36.5 Å². The Hall–Kier alpha value is -1.52. The summed E-state index contributed by atoms with van der Waals surface area (Å²) in [5, 5.41) is 10.4. The van der Waals surface area contributed by atoms with E-state index in [0.717, 1.165) is 0 Å². The summed E-state index contributed by atoms with van der Waals surface area (Å²) in [6.45, 7) is 0. The molecule has 0 bridgehead atoms. The van der Waals surface area contributed by atoms with Gasteiger partial charge in [-0.3, -0.25) is 10.1 Å². The van der Waals surface area contributed by atoms with Gasteiger partial charge in [-0.15, -0.1) is 13.2 Å². The van der Waals surface area contributed by atoms with Gasteiger partial charge in [0.1, 0.15) is 5.75 Å². The molecule has 1 aromatic rings. The van der Waals surface area contributed by atoms with Crippen molar-refractivity contribution in [3.63, 3.8) is 0 Å². The van der Waals surface area contributed by atoms with Crippen LogP contribution in [-0.4, -0.2) is 11.3 Å². The van der Waals surface area contributed by atoms with Crippen LogP contribution in [0.15, 0.2) is 16.6 Å². The highest BCUT2D eigenvalue weighted by Gasteiger charge is 2.43. The number of ether oxygens (including phenoxy) is 1. The number of hydrogen-bond acceptors (Lipinski definition) is 3. The van der Waals surface area contributed by atoms with Crippen molar-refractivity contribution in [3.8, 4) is 5.75 Å². The van der Waals surface area contributed by atoms with Crippen molar-refractivity contribution in [1.29, 1.82) is 0 Å². The van der Waals surface area contributed by atoms with Crippen molar-refractivity contribution in [2.24, 2.45) is 0 Å². The smallest absolute Gasteiger partial charge is 0.405 e. The Morgan fingerprint density at radius 2 is 1.68 bits per heavy atom. The minimum Gasteiger partial charge on any atom is -0.405 e. The zero-order valence-corrected chi connectivity index (χ0v) is 10.1. The minimum atomic E-state index is -5.22. The molecule has 19 heavy (non-hydrogen) atoms. The lowest BCUT2D eigenvalue weighted by Gasteiger charge is -2.14. The van der Waals surface area contributed by atoms with Crippen LogP contribution in [0.5, 0.6) is 5.75 Å². The summed E-state index contributed by atoms with van der Waals surface area (Å²) in [5.74, 6) is -1.22. The van der Waals surface area contributed by atoms with Crippen LogP contribution in [0.25, 0.3) is 0 Å². The van der Waals surface area contributed by atoms with Crippen LogP contribution in [-0.2, 0) is 6.18 Å². The summed E-state index contributed by atoms with van der Waals surface area (Å²) in [4.78, 5) is 9.08. The Kier molecular flexibility index (Phi) is 3.98. The molecule has 0 aliphatic rings. The fourth-order valence-corrected chi connectivity index (χ4v) is 1.81. The predicted molar refractivity (Wildman–Crippen MR) is 52.5 cm³/mol. The normalized spacial score (nSPS) is 12.4. The summed E-state index contributed by atoms with van der Waals surface area (Å²) in [6, 6.07) is 0.708. The molecule has 0 fully saturated rings. The van der Waals surface area contributed by atoms with Crippen molar-refractivity contribution in [2.45, 2.75) is 12.5 Å². The maximum Gasteiger partial charge on any atom is 0.573 e. The van der Waals surface area contributed by atoms with Crippen LogP contribution < -0.4 is 4.74 Å². The van der Waals surface area contributed by atoms with Gasteiger partial charge in [-0.05, 0) is 22.0 Å². The highest BCUT2D eigenvalue weighted by atomic mass is 79.9. The van der Waals surface area contributed by atoms with Gasteiger partial charge in [-0.2, -0.15) is 13.2 Å². The lowest BCUT2D eigenvalue weighted by molar-refractivity contribution is -0.388. The third kappa shape index (κ3) is 3.72. The quantitative estimate of drug-likeness (QED) is 0.453. The summed E-state index contributed by atoms with van der Waals surface area (Å²) in [5.41, 5.74) is -3.23. The van der Waals surface area contributed by atoms with Crippen molar-refractivity contribution in [2.75, 3.05) is 0 Å². The van der Waals surface area contributed by atoms with E-state index in [1.165, 1.54) is 0 Å². The van der Waals surface area contributed by atoms with Gasteiger partial charge in [0.25, 0.3) is 5.69 Å². The number of nitro groups is 1. The molecule has 0 atom stereocenters. The largest absolute Gasteiger partial charge is 0.573 e. The van der Waals surface area contributed by atoms with E-state index in [1.54, 1.807) is 0 Å². The molecule has 0 aliphatic heterocycles. The number of rotatable bonds is 2. The van der Waals surface area contributed by atoms with Crippen molar-refractivity contribution >= 4 is 21.6 Å². The molecule has 0 saturated heterocycles. The van der Waals surface area contributed by atoms with E-state index < -0.39 is 38.9 Å². The Morgan fingerprint density at radius 1 is 1.16 bits per heavy atom. The van der Waals surface area contributed by atoms with Crippen molar-refractivity contribution in [1.82, 2.24) is 0 Å². The van der Waals surface area contributed by atoms with Gasteiger partial charge < -0.3 is 4.74 Å². The van der Waals surface area contributed by atoms with Gasteiger partial charge in [0, 0.05) is 6.07 Å². The summed E-state index contributed by atoms with van der Waals surface area (Å²) < 4.78 is 75.8. The molecular formula is C8H2BrF6NO3. The van der Waals surface area contributed by atoms with Crippen LogP contribution >= 0.6 is 15.9 Å². The second-order valence-corrected chi connectivity index (χ2v) is 3.87. The van der Waals surface area contributed by atoms with E-state index in [1.807, 2.05) is 0 Å². The first-order chi connectivity index (χ1) is 8.43. The van der Waals surface area contributed by atoms with Gasteiger partial charge in [0.05, 0.1) is 9.40 Å². The highest BCUT2D eigenvalue weighted by molar-refractivity contribution is 9.10. The predicted octanol–water partition coefficient (Wildman–Crippen LogP) is 4.27. The first-order valence-corrected chi connectivity index (χ1v) is 5.02. The molecule has 0 heterocycles. The van der Waals surface area contributed by atoms with Gasteiger partial charge in [0.2, 0.25) is 0 Å². The van der Waals surface area contributed by atoms with E-state index in [0.29, 0.717) is 6.07 Å². The van der Waals surface area contributed by atoms with E-state index in [4.69, 9.17) is 0 Å². The van der Waals surface area contributed by atoms with Crippen LogP contribution in [0.2, 0.25) is 0 Å². The van der Waals surface area contributed by atoms with E-state index >= 15 is 0 Å². The molecule has 0 amide bonds. The average molecular weight is 354 g/mol. The molecule has 0 aromatic heterocycles. The zero-order valence-electron chi connectivity index (χ0n) is 8.47. The third-order valence-corrected chi connectivity index (χ3v) is 2.58. The molecule has 0 aliphatic carbocycles. The van der Waals surface area contributed by atoms with Gasteiger partial charge in [-0.1, -0.05) is 0 Å². The SMILES string of the molecule is O=[N+]([O-])c1ccc(OC(F)(F)F)c(Br)c1C(F)(F)F. The minimum absolute atomic E-state index is 0.286. The zero-order chi connectivity index (χ0) is 15.0. The molecule has 1 rings (SSSR count). The number of hydrogen-bond donors (Lipinski definition) is 0. The molecule has 1 aromatic carbocycles. The average Bonchev–Trinajstić information content (AvgIpc) is 2.16. The molecule has 11 heteroatoms. The first kappa shape index (κ1) is 15.5.